The molecule has 0 radical (unpaired) electrons. The number of hydrogen-bond acceptors (Lipinski definition) is 6. The summed E-state index contributed by atoms with van der Waals surface area (Å²) in [6.07, 6.45) is 5.21. The molecule has 1 atom stereocenters. The van der Waals surface area contributed by atoms with E-state index in [0.717, 1.165) is 33.9 Å². The van der Waals surface area contributed by atoms with Gasteiger partial charge in [0.25, 0.3) is 11.9 Å². The number of hydrogen-bond donors (Lipinski definition) is 2. The second-order valence-corrected chi connectivity index (χ2v) is 8.67. The fourth-order valence-corrected chi connectivity index (χ4v) is 4.05. The summed E-state index contributed by atoms with van der Waals surface area (Å²) in [6, 6.07) is 22.4. The third-order valence-electron chi connectivity index (χ3n) is 5.86. The molecular formula is C28H24ClN5O3. The molecule has 1 aromatic heterocycles. The lowest BCUT2D eigenvalue weighted by atomic mass is 10.0. The number of allylic oxidation sites excluding steroid dienone is 1. The van der Waals surface area contributed by atoms with Crippen LogP contribution in [0, 0.1) is 0 Å². The lowest BCUT2D eigenvalue weighted by Crippen LogP contribution is -2.20. The zero-order chi connectivity index (χ0) is 25.8. The van der Waals surface area contributed by atoms with Crippen molar-refractivity contribution < 1.29 is 14.3 Å². The van der Waals surface area contributed by atoms with Gasteiger partial charge in [-0.05, 0) is 65.2 Å². The topological polar surface area (TPSA) is 90.3 Å². The fraction of sp³-hybridized carbons (Fsp3) is 0.107. The smallest absolute Gasteiger partial charge is 0.250 e. The van der Waals surface area contributed by atoms with Gasteiger partial charge >= 0.3 is 0 Å². The molecule has 0 unspecified atom stereocenters. The van der Waals surface area contributed by atoms with E-state index in [9.17, 15) is 4.79 Å². The van der Waals surface area contributed by atoms with Crippen molar-refractivity contribution in [2.45, 2.75) is 6.04 Å². The van der Waals surface area contributed by atoms with Gasteiger partial charge in [0.2, 0.25) is 5.95 Å². The molecule has 0 aliphatic carbocycles. The Balaban J connectivity index is 1.41. The highest BCUT2D eigenvalue weighted by Gasteiger charge is 2.25. The van der Waals surface area contributed by atoms with Crippen LogP contribution in [0.2, 0.25) is 5.02 Å². The van der Waals surface area contributed by atoms with Crippen LogP contribution in [-0.4, -0.2) is 34.9 Å². The molecule has 4 aromatic rings. The first-order valence-corrected chi connectivity index (χ1v) is 11.9. The predicted octanol–water partition coefficient (Wildman–Crippen LogP) is 5.66. The standard InChI is InChI=1S/C28H24ClN5O3/c1-36-22-12-3-18(4-13-22)5-16-26(35)31-27-32-28-30-24(19-6-10-21(29)11-7-19)17-25(34(28)33-27)20-8-14-23(37-2)15-9-20/h3-17,25H,1-2H3,(H2,30,31,32,33,35)/b16-5+/t25-/m1/s1. The van der Waals surface area contributed by atoms with E-state index in [0.29, 0.717) is 11.0 Å². The van der Waals surface area contributed by atoms with Gasteiger partial charge in [-0.2, -0.15) is 4.98 Å². The third kappa shape index (κ3) is 5.49. The third-order valence-corrected chi connectivity index (χ3v) is 6.11. The van der Waals surface area contributed by atoms with Crippen molar-refractivity contribution in [1.29, 1.82) is 0 Å². The number of nitrogens with zero attached hydrogens (tertiary/aromatic N) is 3. The summed E-state index contributed by atoms with van der Waals surface area (Å²) in [5.74, 6) is 1.86. The summed E-state index contributed by atoms with van der Waals surface area (Å²) >= 11 is 6.09. The van der Waals surface area contributed by atoms with Gasteiger partial charge in [0, 0.05) is 16.8 Å². The van der Waals surface area contributed by atoms with E-state index in [1.807, 2.05) is 72.8 Å². The lowest BCUT2D eigenvalue weighted by Gasteiger charge is -2.24. The Bertz CT molecular complexity index is 1460. The van der Waals surface area contributed by atoms with Gasteiger partial charge in [-0.25, -0.2) is 4.68 Å². The molecule has 2 heterocycles. The first-order chi connectivity index (χ1) is 18.0. The lowest BCUT2D eigenvalue weighted by molar-refractivity contribution is -0.111. The molecule has 8 nitrogen and oxygen atoms in total. The highest BCUT2D eigenvalue weighted by molar-refractivity contribution is 6.30. The van der Waals surface area contributed by atoms with Gasteiger partial charge in [-0.15, -0.1) is 5.10 Å². The maximum Gasteiger partial charge on any atom is 0.250 e. The molecule has 2 N–H and O–H groups in total. The minimum absolute atomic E-state index is 0.191. The zero-order valence-electron chi connectivity index (χ0n) is 20.2. The van der Waals surface area contributed by atoms with Crippen molar-refractivity contribution in [2.24, 2.45) is 0 Å². The van der Waals surface area contributed by atoms with E-state index in [1.165, 1.54) is 6.08 Å². The summed E-state index contributed by atoms with van der Waals surface area (Å²) in [6.45, 7) is 0. The van der Waals surface area contributed by atoms with Crippen molar-refractivity contribution in [2.75, 3.05) is 24.9 Å². The Hall–Kier alpha value is -4.56. The quantitative estimate of drug-likeness (QED) is 0.310. The molecule has 0 spiro atoms. The summed E-state index contributed by atoms with van der Waals surface area (Å²) in [5, 5.41) is 11.3. The van der Waals surface area contributed by atoms with Crippen LogP contribution in [0.5, 0.6) is 11.5 Å². The molecule has 5 rings (SSSR count). The summed E-state index contributed by atoms with van der Waals surface area (Å²) in [4.78, 5) is 17.1. The van der Waals surface area contributed by atoms with E-state index >= 15 is 0 Å². The molecule has 9 heteroatoms. The van der Waals surface area contributed by atoms with E-state index in [4.69, 9.17) is 21.1 Å². The van der Waals surface area contributed by atoms with Crippen molar-refractivity contribution in [3.63, 3.8) is 0 Å². The highest BCUT2D eigenvalue weighted by Crippen LogP contribution is 2.34. The van der Waals surface area contributed by atoms with E-state index in [-0.39, 0.29) is 17.9 Å². The largest absolute Gasteiger partial charge is 0.497 e. The van der Waals surface area contributed by atoms with Crippen molar-refractivity contribution in [1.82, 2.24) is 14.8 Å². The van der Waals surface area contributed by atoms with Crippen molar-refractivity contribution in [3.8, 4) is 11.5 Å². The van der Waals surface area contributed by atoms with Crippen molar-refractivity contribution in [3.05, 3.63) is 107 Å². The Morgan fingerprint density at radius 2 is 1.62 bits per heavy atom. The van der Waals surface area contributed by atoms with Gasteiger partial charge < -0.3 is 14.8 Å². The van der Waals surface area contributed by atoms with E-state index in [2.05, 4.69) is 26.8 Å². The maximum absolute atomic E-state index is 12.6. The molecule has 0 saturated heterocycles. The van der Waals surface area contributed by atoms with Crippen LogP contribution in [-0.2, 0) is 4.79 Å². The monoisotopic (exact) mass is 513 g/mol. The number of halogens is 1. The van der Waals surface area contributed by atoms with Crippen LogP contribution >= 0.6 is 11.6 Å². The normalized spacial score (nSPS) is 14.5. The first kappa shape index (κ1) is 24.1. The number of anilines is 2. The van der Waals surface area contributed by atoms with Gasteiger partial charge in [0.05, 0.1) is 14.2 Å². The average molecular weight is 514 g/mol. The minimum atomic E-state index is -0.342. The second-order valence-electron chi connectivity index (χ2n) is 8.23. The number of carbonyl (C=O) groups excluding carboxylic acids is 1. The van der Waals surface area contributed by atoms with Crippen LogP contribution in [0.25, 0.3) is 11.8 Å². The Labute approximate surface area is 219 Å². The average Bonchev–Trinajstić information content (AvgIpc) is 3.34. The van der Waals surface area contributed by atoms with E-state index < -0.39 is 0 Å². The van der Waals surface area contributed by atoms with Crippen molar-refractivity contribution >= 4 is 41.2 Å². The molecular weight excluding hydrogens is 490 g/mol. The number of rotatable bonds is 7. The highest BCUT2D eigenvalue weighted by atomic mass is 35.5. The molecule has 1 amide bonds. The summed E-state index contributed by atoms with van der Waals surface area (Å²) in [7, 11) is 3.24. The number of ether oxygens (including phenoxy) is 2. The Kier molecular flexibility index (Phi) is 6.91. The fourth-order valence-electron chi connectivity index (χ4n) is 3.92. The number of amides is 1. The summed E-state index contributed by atoms with van der Waals surface area (Å²) in [5.41, 5.74) is 3.66. The Morgan fingerprint density at radius 3 is 2.27 bits per heavy atom. The van der Waals surface area contributed by atoms with Gasteiger partial charge in [0.1, 0.15) is 17.5 Å². The number of fused-ring (bicyclic) bond motifs is 1. The molecule has 37 heavy (non-hydrogen) atoms. The zero-order valence-corrected chi connectivity index (χ0v) is 20.9. The molecule has 0 saturated carbocycles. The van der Waals surface area contributed by atoms with Crippen LogP contribution in [0.3, 0.4) is 0 Å². The number of nitrogens with one attached hydrogen (secondary N) is 2. The van der Waals surface area contributed by atoms with Crippen LogP contribution in [0.1, 0.15) is 22.7 Å². The number of aromatic nitrogens is 3. The SMILES string of the molecule is COc1ccc(/C=C/C(=O)Nc2nc3n(n2)[C@@H](c2ccc(OC)cc2)C=C(c2ccc(Cl)cc2)N3)cc1. The van der Waals surface area contributed by atoms with Crippen LogP contribution < -0.4 is 20.1 Å². The second kappa shape index (κ2) is 10.6. The molecule has 186 valence electrons. The van der Waals surface area contributed by atoms with Gasteiger partial charge in [-0.3, -0.25) is 10.1 Å². The van der Waals surface area contributed by atoms with E-state index in [1.54, 1.807) is 25.0 Å². The number of carbonyl (C=O) groups is 1. The molecule has 0 bridgehead atoms. The van der Waals surface area contributed by atoms with Gasteiger partial charge in [-0.1, -0.05) is 48.0 Å². The molecule has 3 aromatic carbocycles. The van der Waals surface area contributed by atoms with Gasteiger partial charge in [0.15, 0.2) is 0 Å². The molecule has 0 fully saturated rings. The predicted molar refractivity (Wildman–Crippen MR) is 145 cm³/mol. The number of benzene rings is 3. The van der Waals surface area contributed by atoms with Crippen LogP contribution in [0.4, 0.5) is 11.9 Å². The minimum Gasteiger partial charge on any atom is -0.497 e. The number of methoxy groups -OCH3 is 2. The first-order valence-electron chi connectivity index (χ1n) is 11.5. The Morgan fingerprint density at radius 1 is 0.973 bits per heavy atom. The van der Waals surface area contributed by atoms with Crippen LogP contribution in [0.15, 0.2) is 84.9 Å². The maximum atomic E-state index is 12.6. The summed E-state index contributed by atoms with van der Waals surface area (Å²) < 4.78 is 12.2. The molecule has 1 aliphatic heterocycles. The molecule has 1 aliphatic rings.